The normalized spacial score (nSPS) is 18.8. The molecule has 0 saturated carbocycles. The Hall–Kier alpha value is -1.47. The van der Waals surface area contributed by atoms with E-state index in [2.05, 4.69) is 48.1 Å². The third kappa shape index (κ3) is 4.75. The van der Waals surface area contributed by atoms with Gasteiger partial charge in [-0.15, -0.1) is 0 Å². The van der Waals surface area contributed by atoms with Gasteiger partial charge in [0.1, 0.15) is 6.61 Å². The summed E-state index contributed by atoms with van der Waals surface area (Å²) in [7, 11) is 1.53. The monoisotopic (exact) mass is 324 g/mol. The number of likely N-dealkylation sites (tertiary alicyclic amines) is 1. The molecular formula is C16H28N4O3. The van der Waals surface area contributed by atoms with E-state index >= 15 is 0 Å². The number of methoxy groups -OCH3 is 1. The Labute approximate surface area is 137 Å². The van der Waals surface area contributed by atoms with E-state index < -0.39 is 0 Å². The van der Waals surface area contributed by atoms with Crippen molar-refractivity contribution in [2.24, 2.45) is 0 Å². The average molecular weight is 324 g/mol. The summed E-state index contributed by atoms with van der Waals surface area (Å²) in [5.74, 6) is 1.35. The molecule has 0 radical (unpaired) electrons. The van der Waals surface area contributed by atoms with Crippen LogP contribution in [0.15, 0.2) is 4.52 Å². The predicted molar refractivity (Wildman–Crippen MR) is 86.0 cm³/mol. The summed E-state index contributed by atoms with van der Waals surface area (Å²) in [6, 6.07) is 0.308. The molecule has 130 valence electrons. The van der Waals surface area contributed by atoms with Crippen LogP contribution < -0.4 is 5.32 Å². The SMILES string of the molecule is COCC(=O)NC1CCN([C@H](C)c2nc(C(C)(C)C)no2)CC1. The number of piperidine rings is 1. The molecule has 0 spiro atoms. The van der Waals surface area contributed by atoms with Crippen LogP contribution in [0.3, 0.4) is 0 Å². The highest BCUT2D eigenvalue weighted by Gasteiger charge is 2.29. The summed E-state index contributed by atoms with van der Waals surface area (Å²) in [5.41, 5.74) is -0.111. The highest BCUT2D eigenvalue weighted by molar-refractivity contribution is 5.77. The minimum Gasteiger partial charge on any atom is -0.375 e. The van der Waals surface area contributed by atoms with Gasteiger partial charge in [-0.2, -0.15) is 4.98 Å². The van der Waals surface area contributed by atoms with E-state index in [1.165, 1.54) is 7.11 Å². The molecule has 7 nitrogen and oxygen atoms in total. The second kappa shape index (κ2) is 7.40. The summed E-state index contributed by atoms with van der Waals surface area (Å²) in [6.07, 6.45) is 1.83. The zero-order chi connectivity index (χ0) is 17.0. The molecule has 1 amide bonds. The van der Waals surface area contributed by atoms with Crippen LogP contribution in [0, 0.1) is 0 Å². The number of hydrogen-bond donors (Lipinski definition) is 1. The number of rotatable bonds is 5. The van der Waals surface area contributed by atoms with Gasteiger partial charge < -0.3 is 14.6 Å². The van der Waals surface area contributed by atoms with Gasteiger partial charge in [-0.05, 0) is 19.8 Å². The molecule has 0 bridgehead atoms. The van der Waals surface area contributed by atoms with Crippen molar-refractivity contribution in [1.82, 2.24) is 20.4 Å². The molecule has 1 saturated heterocycles. The van der Waals surface area contributed by atoms with Crippen molar-refractivity contribution >= 4 is 5.91 Å². The summed E-state index contributed by atoms with van der Waals surface area (Å²) in [5, 5.41) is 7.10. The Morgan fingerprint density at radius 1 is 1.43 bits per heavy atom. The summed E-state index contributed by atoms with van der Waals surface area (Å²) >= 11 is 0. The number of nitrogens with one attached hydrogen (secondary N) is 1. The first kappa shape index (κ1) is 17.9. The molecule has 0 aliphatic carbocycles. The first-order chi connectivity index (χ1) is 10.8. The number of hydrogen-bond acceptors (Lipinski definition) is 6. The Kier molecular flexibility index (Phi) is 5.75. The largest absolute Gasteiger partial charge is 0.375 e. The third-order valence-corrected chi connectivity index (χ3v) is 4.19. The smallest absolute Gasteiger partial charge is 0.246 e. The molecule has 1 aliphatic heterocycles. The second-order valence-electron chi connectivity index (χ2n) is 7.19. The van der Waals surface area contributed by atoms with E-state index in [1.54, 1.807) is 0 Å². The fourth-order valence-corrected chi connectivity index (χ4v) is 2.70. The standard InChI is InChI=1S/C16H28N4O3/c1-11(14-18-15(19-23-14)16(2,3)4)20-8-6-12(7-9-20)17-13(21)10-22-5/h11-12H,6-10H2,1-5H3,(H,17,21)/t11-/m1/s1. The molecule has 1 aliphatic rings. The lowest BCUT2D eigenvalue weighted by molar-refractivity contribution is -0.125. The molecule has 2 heterocycles. The molecule has 0 aromatic carbocycles. The van der Waals surface area contributed by atoms with Crippen molar-refractivity contribution in [1.29, 1.82) is 0 Å². The number of carbonyl (C=O) groups is 1. The Morgan fingerprint density at radius 2 is 2.09 bits per heavy atom. The van der Waals surface area contributed by atoms with Crippen molar-refractivity contribution in [2.75, 3.05) is 26.8 Å². The molecule has 7 heteroatoms. The second-order valence-corrected chi connectivity index (χ2v) is 7.19. The molecule has 0 unspecified atom stereocenters. The van der Waals surface area contributed by atoms with E-state index in [-0.39, 0.29) is 30.0 Å². The maximum atomic E-state index is 11.6. The van der Waals surface area contributed by atoms with Gasteiger partial charge in [-0.1, -0.05) is 25.9 Å². The summed E-state index contributed by atoms with van der Waals surface area (Å²) in [4.78, 5) is 18.4. The van der Waals surface area contributed by atoms with E-state index in [1.807, 2.05) is 0 Å². The van der Waals surface area contributed by atoms with Crippen molar-refractivity contribution in [3.05, 3.63) is 11.7 Å². The van der Waals surface area contributed by atoms with Gasteiger partial charge in [-0.25, -0.2) is 0 Å². The fourth-order valence-electron chi connectivity index (χ4n) is 2.70. The van der Waals surface area contributed by atoms with Crippen LogP contribution >= 0.6 is 0 Å². The number of ether oxygens (including phenoxy) is 1. The van der Waals surface area contributed by atoms with Crippen molar-refractivity contribution in [3.8, 4) is 0 Å². The van der Waals surface area contributed by atoms with E-state index in [0.29, 0.717) is 5.89 Å². The number of amides is 1. The van der Waals surface area contributed by atoms with E-state index in [9.17, 15) is 4.79 Å². The Bertz CT molecular complexity index is 516. The topological polar surface area (TPSA) is 80.5 Å². The highest BCUT2D eigenvalue weighted by Crippen LogP contribution is 2.26. The number of nitrogens with zero attached hydrogens (tertiary/aromatic N) is 3. The molecule has 1 aromatic rings. The molecule has 2 rings (SSSR count). The summed E-state index contributed by atoms with van der Waals surface area (Å²) < 4.78 is 10.3. The van der Waals surface area contributed by atoms with Gasteiger partial charge in [-0.3, -0.25) is 9.69 Å². The Balaban J connectivity index is 1.87. The molecule has 23 heavy (non-hydrogen) atoms. The molecule has 1 aromatic heterocycles. The van der Waals surface area contributed by atoms with Crippen LogP contribution in [0.25, 0.3) is 0 Å². The van der Waals surface area contributed by atoms with Crippen LogP contribution in [-0.2, 0) is 14.9 Å². The lowest BCUT2D eigenvalue weighted by atomic mass is 9.96. The Morgan fingerprint density at radius 3 is 2.61 bits per heavy atom. The van der Waals surface area contributed by atoms with Crippen LogP contribution in [-0.4, -0.2) is 53.8 Å². The summed E-state index contributed by atoms with van der Waals surface area (Å²) in [6.45, 7) is 10.2. The first-order valence-electron chi connectivity index (χ1n) is 8.17. The van der Waals surface area contributed by atoms with Crippen LogP contribution in [0.4, 0.5) is 0 Å². The molecule has 1 atom stereocenters. The van der Waals surface area contributed by atoms with Crippen molar-refractivity contribution in [2.45, 2.75) is 58.0 Å². The molecule has 1 N–H and O–H groups in total. The van der Waals surface area contributed by atoms with Gasteiger partial charge in [0.15, 0.2) is 5.82 Å². The van der Waals surface area contributed by atoms with Crippen LogP contribution in [0.2, 0.25) is 0 Å². The van der Waals surface area contributed by atoms with Gasteiger partial charge in [0.05, 0.1) is 6.04 Å². The van der Waals surface area contributed by atoms with Crippen molar-refractivity contribution < 1.29 is 14.1 Å². The highest BCUT2D eigenvalue weighted by atomic mass is 16.5. The zero-order valence-corrected chi connectivity index (χ0v) is 14.8. The minimum absolute atomic E-state index is 0.0503. The lowest BCUT2D eigenvalue weighted by Gasteiger charge is -2.34. The van der Waals surface area contributed by atoms with E-state index in [0.717, 1.165) is 31.8 Å². The third-order valence-electron chi connectivity index (χ3n) is 4.19. The maximum Gasteiger partial charge on any atom is 0.246 e. The number of carbonyl (C=O) groups excluding carboxylic acids is 1. The maximum absolute atomic E-state index is 11.6. The van der Waals surface area contributed by atoms with Crippen molar-refractivity contribution in [3.63, 3.8) is 0 Å². The predicted octanol–water partition coefficient (Wildman–Crippen LogP) is 1.66. The quantitative estimate of drug-likeness (QED) is 0.887. The van der Waals surface area contributed by atoms with Gasteiger partial charge >= 0.3 is 0 Å². The molecular weight excluding hydrogens is 296 g/mol. The first-order valence-corrected chi connectivity index (χ1v) is 8.17. The minimum atomic E-state index is -0.111. The molecule has 1 fully saturated rings. The fraction of sp³-hybridized carbons (Fsp3) is 0.812. The van der Waals surface area contributed by atoms with E-state index in [4.69, 9.17) is 9.26 Å². The van der Waals surface area contributed by atoms with Crippen LogP contribution in [0.1, 0.15) is 58.3 Å². The van der Waals surface area contributed by atoms with Gasteiger partial charge in [0.25, 0.3) is 0 Å². The lowest BCUT2D eigenvalue weighted by Crippen LogP contribution is -2.46. The van der Waals surface area contributed by atoms with Gasteiger partial charge in [0, 0.05) is 31.7 Å². The average Bonchev–Trinajstić information content (AvgIpc) is 2.97. The zero-order valence-electron chi connectivity index (χ0n) is 14.8. The van der Waals surface area contributed by atoms with Crippen LogP contribution in [0.5, 0.6) is 0 Å². The number of aromatic nitrogens is 2. The van der Waals surface area contributed by atoms with Gasteiger partial charge in [0.2, 0.25) is 11.8 Å².